The van der Waals surface area contributed by atoms with Crippen molar-refractivity contribution in [2.45, 2.75) is 18.9 Å². The molecule has 4 heteroatoms. The Morgan fingerprint density at radius 2 is 1.92 bits per heavy atom. The number of nitrogens with one attached hydrogen (secondary N) is 1. The first-order chi connectivity index (χ1) is 12.3. The minimum absolute atomic E-state index is 0.0748. The Hall–Kier alpha value is -3.14. The van der Waals surface area contributed by atoms with Crippen LogP contribution in [-0.2, 0) is 11.2 Å². The van der Waals surface area contributed by atoms with E-state index in [1.54, 1.807) is 23.0 Å². The molecule has 1 amide bonds. The van der Waals surface area contributed by atoms with Crippen LogP contribution >= 0.6 is 0 Å². The van der Waals surface area contributed by atoms with Crippen LogP contribution in [0, 0.1) is 0 Å². The van der Waals surface area contributed by atoms with Gasteiger partial charge in [0, 0.05) is 17.8 Å². The highest BCUT2D eigenvalue weighted by Gasteiger charge is 2.22. The average molecular weight is 329 g/mol. The van der Waals surface area contributed by atoms with Crippen LogP contribution in [0.3, 0.4) is 0 Å². The van der Waals surface area contributed by atoms with Gasteiger partial charge in [0.1, 0.15) is 0 Å². The molecule has 0 fully saturated rings. The highest BCUT2D eigenvalue weighted by Crippen LogP contribution is 2.30. The molecule has 0 radical (unpaired) electrons. The Balaban J connectivity index is 1.41. The predicted octanol–water partition coefficient (Wildman–Crippen LogP) is 3.69. The second-order valence-electron chi connectivity index (χ2n) is 6.19. The molecular formula is C21H19N3O. The van der Waals surface area contributed by atoms with E-state index in [0.29, 0.717) is 0 Å². The Morgan fingerprint density at radius 1 is 1.12 bits per heavy atom. The normalized spacial score (nSPS) is 16.1. The van der Waals surface area contributed by atoms with Crippen LogP contribution in [0.1, 0.15) is 29.2 Å². The molecule has 0 saturated heterocycles. The quantitative estimate of drug-likeness (QED) is 0.742. The number of hydrogen-bond donors (Lipinski definition) is 1. The van der Waals surface area contributed by atoms with Crippen molar-refractivity contribution in [3.8, 4) is 5.69 Å². The molecule has 4 rings (SSSR count). The molecule has 1 heterocycles. The molecule has 4 nitrogen and oxygen atoms in total. The molecular weight excluding hydrogens is 310 g/mol. The number of carbonyl (C=O) groups is 1. The summed E-state index contributed by atoms with van der Waals surface area (Å²) in [5.41, 5.74) is 4.46. The zero-order valence-electron chi connectivity index (χ0n) is 13.8. The van der Waals surface area contributed by atoms with Gasteiger partial charge in [0.25, 0.3) is 0 Å². The first-order valence-electron chi connectivity index (χ1n) is 8.46. The van der Waals surface area contributed by atoms with E-state index < -0.39 is 0 Å². The van der Waals surface area contributed by atoms with Crippen LogP contribution in [0.4, 0.5) is 0 Å². The van der Waals surface area contributed by atoms with E-state index in [4.69, 9.17) is 0 Å². The van der Waals surface area contributed by atoms with Gasteiger partial charge >= 0.3 is 0 Å². The van der Waals surface area contributed by atoms with Crippen LogP contribution in [-0.4, -0.2) is 15.7 Å². The van der Waals surface area contributed by atoms with E-state index in [1.165, 1.54) is 11.1 Å². The molecule has 0 saturated carbocycles. The second kappa shape index (κ2) is 6.77. The smallest absolute Gasteiger partial charge is 0.244 e. The topological polar surface area (TPSA) is 46.9 Å². The van der Waals surface area contributed by atoms with Crippen molar-refractivity contribution < 1.29 is 4.79 Å². The number of hydrogen-bond acceptors (Lipinski definition) is 2. The van der Waals surface area contributed by atoms with Crippen molar-refractivity contribution >= 4 is 12.0 Å². The summed E-state index contributed by atoms with van der Waals surface area (Å²) in [5.74, 6) is -0.0748. The largest absolute Gasteiger partial charge is 0.346 e. The summed E-state index contributed by atoms with van der Waals surface area (Å²) >= 11 is 0. The standard InChI is InChI=1S/C21H19N3O/c25-21(23-20-12-11-17-6-4-5-9-19(17)20)13-10-16-14-22-24(15-16)18-7-2-1-3-8-18/h1-10,13-15,20H,11-12H2,(H,23,25)/b13-10+. The highest BCUT2D eigenvalue weighted by molar-refractivity contribution is 5.92. The third kappa shape index (κ3) is 3.38. The summed E-state index contributed by atoms with van der Waals surface area (Å²) in [6.45, 7) is 0. The van der Waals surface area contributed by atoms with Gasteiger partial charge in [-0.05, 0) is 42.2 Å². The molecule has 3 aromatic rings. The number of aryl methyl sites for hydroxylation is 1. The monoisotopic (exact) mass is 329 g/mol. The fourth-order valence-electron chi connectivity index (χ4n) is 3.24. The Bertz CT molecular complexity index is 912. The van der Waals surface area contributed by atoms with E-state index in [0.717, 1.165) is 24.1 Å². The van der Waals surface area contributed by atoms with Crippen molar-refractivity contribution in [2.75, 3.05) is 0 Å². The Morgan fingerprint density at radius 3 is 2.80 bits per heavy atom. The minimum Gasteiger partial charge on any atom is -0.346 e. The van der Waals surface area contributed by atoms with Crippen LogP contribution < -0.4 is 5.32 Å². The van der Waals surface area contributed by atoms with E-state index in [9.17, 15) is 4.79 Å². The molecule has 0 spiro atoms. The first kappa shape index (κ1) is 15.4. The zero-order chi connectivity index (χ0) is 17.1. The first-order valence-corrected chi connectivity index (χ1v) is 8.46. The van der Waals surface area contributed by atoms with E-state index >= 15 is 0 Å². The highest BCUT2D eigenvalue weighted by atomic mass is 16.1. The predicted molar refractivity (Wildman–Crippen MR) is 98.2 cm³/mol. The van der Waals surface area contributed by atoms with Crippen LogP contribution in [0.25, 0.3) is 11.8 Å². The molecule has 1 atom stereocenters. The summed E-state index contributed by atoms with van der Waals surface area (Å²) in [6.07, 6.45) is 9.01. The summed E-state index contributed by atoms with van der Waals surface area (Å²) in [5, 5.41) is 7.42. The van der Waals surface area contributed by atoms with Gasteiger partial charge in [-0.2, -0.15) is 5.10 Å². The third-order valence-corrected chi connectivity index (χ3v) is 4.50. The van der Waals surface area contributed by atoms with Crippen molar-refractivity contribution in [1.29, 1.82) is 0 Å². The van der Waals surface area contributed by atoms with Crippen LogP contribution in [0.2, 0.25) is 0 Å². The summed E-state index contributed by atoms with van der Waals surface area (Å²) < 4.78 is 1.80. The number of benzene rings is 2. The Labute approximate surface area is 146 Å². The average Bonchev–Trinajstić information content (AvgIpc) is 3.28. The molecule has 25 heavy (non-hydrogen) atoms. The van der Waals surface area contributed by atoms with Gasteiger partial charge in [-0.25, -0.2) is 4.68 Å². The number of amides is 1. The van der Waals surface area contributed by atoms with Crippen molar-refractivity contribution in [3.63, 3.8) is 0 Å². The number of nitrogens with zero attached hydrogens (tertiary/aromatic N) is 2. The number of rotatable bonds is 4. The fourth-order valence-corrected chi connectivity index (χ4v) is 3.24. The number of fused-ring (bicyclic) bond motifs is 1. The molecule has 1 aromatic heterocycles. The molecule has 2 aromatic carbocycles. The SMILES string of the molecule is O=C(/C=C/c1cnn(-c2ccccc2)c1)NC1CCc2ccccc21. The number of aromatic nitrogens is 2. The van der Waals surface area contributed by atoms with Crippen molar-refractivity contribution in [3.05, 3.63) is 89.8 Å². The van der Waals surface area contributed by atoms with Gasteiger partial charge in [0.2, 0.25) is 5.91 Å². The lowest BCUT2D eigenvalue weighted by Gasteiger charge is -2.12. The van der Waals surface area contributed by atoms with Crippen LogP contribution in [0.15, 0.2) is 73.1 Å². The van der Waals surface area contributed by atoms with Gasteiger partial charge in [0.15, 0.2) is 0 Å². The number of carbonyl (C=O) groups excluding carboxylic acids is 1. The van der Waals surface area contributed by atoms with E-state index in [-0.39, 0.29) is 11.9 Å². The van der Waals surface area contributed by atoms with Gasteiger partial charge in [-0.15, -0.1) is 0 Å². The molecule has 0 bridgehead atoms. The van der Waals surface area contributed by atoms with Crippen LogP contribution in [0.5, 0.6) is 0 Å². The summed E-state index contributed by atoms with van der Waals surface area (Å²) in [6, 6.07) is 18.3. The maximum atomic E-state index is 12.2. The van der Waals surface area contributed by atoms with E-state index in [2.05, 4.69) is 22.5 Å². The van der Waals surface area contributed by atoms with Crippen molar-refractivity contribution in [2.24, 2.45) is 0 Å². The molecule has 1 aliphatic carbocycles. The third-order valence-electron chi connectivity index (χ3n) is 4.50. The lowest BCUT2D eigenvalue weighted by Crippen LogP contribution is -2.25. The number of para-hydroxylation sites is 1. The fraction of sp³-hybridized carbons (Fsp3) is 0.143. The van der Waals surface area contributed by atoms with Gasteiger partial charge in [-0.1, -0.05) is 42.5 Å². The lowest BCUT2D eigenvalue weighted by molar-refractivity contribution is -0.117. The maximum Gasteiger partial charge on any atom is 0.244 e. The molecule has 1 unspecified atom stereocenters. The zero-order valence-corrected chi connectivity index (χ0v) is 13.8. The minimum atomic E-state index is -0.0748. The molecule has 1 aliphatic rings. The summed E-state index contributed by atoms with van der Waals surface area (Å²) in [4.78, 5) is 12.2. The molecule has 124 valence electrons. The molecule has 1 N–H and O–H groups in total. The summed E-state index contributed by atoms with van der Waals surface area (Å²) in [7, 11) is 0. The second-order valence-corrected chi connectivity index (χ2v) is 6.19. The van der Waals surface area contributed by atoms with Gasteiger partial charge in [-0.3, -0.25) is 4.79 Å². The van der Waals surface area contributed by atoms with Gasteiger partial charge in [0.05, 0.1) is 17.9 Å². The maximum absolute atomic E-state index is 12.2. The molecule has 0 aliphatic heterocycles. The lowest BCUT2D eigenvalue weighted by atomic mass is 10.1. The van der Waals surface area contributed by atoms with E-state index in [1.807, 2.05) is 48.7 Å². The van der Waals surface area contributed by atoms with Gasteiger partial charge < -0.3 is 5.32 Å². The Kier molecular flexibility index (Phi) is 4.17. The van der Waals surface area contributed by atoms with Crippen molar-refractivity contribution in [1.82, 2.24) is 15.1 Å².